The zero-order valence-electron chi connectivity index (χ0n) is 5.22. The van der Waals surface area contributed by atoms with Gasteiger partial charge in [-0.2, -0.15) is 0 Å². The standard InChI is InChI=1S/C6H9NO2/c1-4-2-5(8)3-6(9)7-4/h3-4,8H,2H2,1H3,(H,7,9). The third kappa shape index (κ3) is 1.45. The van der Waals surface area contributed by atoms with Gasteiger partial charge in [-0.1, -0.05) is 0 Å². The Hall–Kier alpha value is -0.990. The van der Waals surface area contributed by atoms with Crippen LogP contribution in [0, 0.1) is 0 Å². The van der Waals surface area contributed by atoms with Crippen LogP contribution >= 0.6 is 0 Å². The second kappa shape index (κ2) is 2.09. The zero-order chi connectivity index (χ0) is 6.85. The third-order valence-electron chi connectivity index (χ3n) is 1.20. The van der Waals surface area contributed by atoms with Gasteiger partial charge in [0, 0.05) is 18.5 Å². The summed E-state index contributed by atoms with van der Waals surface area (Å²) in [5, 5.41) is 11.5. The summed E-state index contributed by atoms with van der Waals surface area (Å²) in [6.07, 6.45) is 1.76. The van der Waals surface area contributed by atoms with Gasteiger partial charge in [-0.25, -0.2) is 0 Å². The van der Waals surface area contributed by atoms with Crippen LogP contribution < -0.4 is 5.32 Å². The van der Waals surface area contributed by atoms with Crippen molar-refractivity contribution in [2.45, 2.75) is 19.4 Å². The van der Waals surface area contributed by atoms with Crippen molar-refractivity contribution in [2.24, 2.45) is 0 Å². The summed E-state index contributed by atoms with van der Waals surface area (Å²) in [5.74, 6) is -0.0301. The minimum atomic E-state index is -0.203. The minimum absolute atomic E-state index is 0.0718. The highest BCUT2D eigenvalue weighted by Gasteiger charge is 2.13. The Morgan fingerprint density at radius 1 is 1.89 bits per heavy atom. The molecular weight excluding hydrogens is 118 g/mol. The molecule has 0 bridgehead atoms. The number of carbonyl (C=O) groups excluding carboxylic acids is 1. The van der Waals surface area contributed by atoms with Gasteiger partial charge >= 0.3 is 0 Å². The summed E-state index contributed by atoms with van der Waals surface area (Å²) >= 11 is 0. The normalized spacial score (nSPS) is 27.0. The average molecular weight is 127 g/mol. The summed E-state index contributed by atoms with van der Waals surface area (Å²) in [6, 6.07) is 0.0718. The van der Waals surface area contributed by atoms with Gasteiger partial charge in [-0.15, -0.1) is 0 Å². The van der Waals surface area contributed by atoms with Crippen molar-refractivity contribution in [3.63, 3.8) is 0 Å². The zero-order valence-corrected chi connectivity index (χ0v) is 5.22. The first-order valence-electron chi connectivity index (χ1n) is 2.88. The van der Waals surface area contributed by atoms with E-state index in [0.29, 0.717) is 6.42 Å². The second-order valence-electron chi connectivity index (χ2n) is 2.25. The molecule has 0 fully saturated rings. The van der Waals surface area contributed by atoms with Crippen molar-refractivity contribution in [1.29, 1.82) is 0 Å². The first-order valence-corrected chi connectivity index (χ1v) is 2.88. The van der Waals surface area contributed by atoms with Crippen LogP contribution in [-0.4, -0.2) is 17.1 Å². The highest BCUT2D eigenvalue weighted by atomic mass is 16.3. The van der Waals surface area contributed by atoms with Crippen LogP contribution in [0.15, 0.2) is 11.8 Å². The summed E-state index contributed by atoms with van der Waals surface area (Å²) in [4.78, 5) is 10.5. The van der Waals surface area contributed by atoms with Crippen LogP contribution in [0.4, 0.5) is 0 Å². The Morgan fingerprint density at radius 3 is 3.00 bits per heavy atom. The number of nitrogens with one attached hydrogen (secondary N) is 1. The van der Waals surface area contributed by atoms with E-state index >= 15 is 0 Å². The number of aliphatic hydroxyl groups is 1. The summed E-state index contributed by atoms with van der Waals surface area (Å²) in [6.45, 7) is 1.85. The molecular formula is C6H9NO2. The van der Waals surface area contributed by atoms with E-state index in [-0.39, 0.29) is 17.7 Å². The Morgan fingerprint density at radius 2 is 2.56 bits per heavy atom. The molecule has 0 saturated carbocycles. The highest BCUT2D eigenvalue weighted by Crippen LogP contribution is 2.05. The lowest BCUT2D eigenvalue weighted by atomic mass is 10.1. The van der Waals surface area contributed by atoms with E-state index in [1.54, 1.807) is 0 Å². The lowest BCUT2D eigenvalue weighted by Gasteiger charge is -2.16. The molecule has 0 aromatic carbocycles. The number of hydrogen-bond acceptors (Lipinski definition) is 2. The smallest absolute Gasteiger partial charge is 0.247 e. The fourth-order valence-corrected chi connectivity index (χ4v) is 0.860. The van der Waals surface area contributed by atoms with Crippen molar-refractivity contribution in [3.05, 3.63) is 11.8 Å². The van der Waals surface area contributed by atoms with Crippen LogP contribution in [0.5, 0.6) is 0 Å². The van der Waals surface area contributed by atoms with E-state index in [9.17, 15) is 4.79 Å². The number of amides is 1. The maximum atomic E-state index is 10.5. The van der Waals surface area contributed by atoms with Gasteiger partial charge < -0.3 is 10.4 Å². The molecule has 1 aliphatic rings. The predicted octanol–water partition coefficient (Wildman–Crippen LogP) is 0.337. The largest absolute Gasteiger partial charge is 0.512 e. The van der Waals surface area contributed by atoms with Crippen LogP contribution in [0.2, 0.25) is 0 Å². The van der Waals surface area contributed by atoms with Gasteiger partial charge in [0.15, 0.2) is 0 Å². The Labute approximate surface area is 53.4 Å². The molecule has 0 aliphatic carbocycles. The summed E-state index contributed by atoms with van der Waals surface area (Å²) < 4.78 is 0. The Kier molecular flexibility index (Phi) is 1.42. The Bertz CT molecular complexity index is 162. The summed E-state index contributed by atoms with van der Waals surface area (Å²) in [7, 11) is 0. The molecule has 0 spiro atoms. The molecule has 50 valence electrons. The molecule has 9 heavy (non-hydrogen) atoms. The first kappa shape index (κ1) is 6.13. The molecule has 1 rings (SSSR count). The van der Waals surface area contributed by atoms with Crippen molar-refractivity contribution in [2.75, 3.05) is 0 Å². The van der Waals surface area contributed by atoms with Gasteiger partial charge in [0.1, 0.15) is 0 Å². The van der Waals surface area contributed by atoms with Crippen molar-refractivity contribution >= 4 is 5.91 Å². The van der Waals surface area contributed by atoms with E-state index in [4.69, 9.17) is 5.11 Å². The molecule has 1 aliphatic heterocycles. The molecule has 3 heteroatoms. The van der Waals surface area contributed by atoms with Gasteiger partial charge in [0.2, 0.25) is 5.91 Å². The van der Waals surface area contributed by atoms with Gasteiger partial charge in [0.25, 0.3) is 0 Å². The number of rotatable bonds is 0. The lowest BCUT2D eigenvalue weighted by Crippen LogP contribution is -2.35. The van der Waals surface area contributed by atoms with Gasteiger partial charge in [0.05, 0.1) is 5.76 Å². The molecule has 1 atom stereocenters. The molecule has 1 unspecified atom stereocenters. The van der Waals surface area contributed by atoms with E-state index in [1.807, 2.05) is 6.92 Å². The lowest BCUT2D eigenvalue weighted by molar-refractivity contribution is -0.117. The van der Waals surface area contributed by atoms with Crippen molar-refractivity contribution < 1.29 is 9.90 Å². The minimum Gasteiger partial charge on any atom is -0.512 e. The topological polar surface area (TPSA) is 49.3 Å². The molecule has 1 heterocycles. The van der Waals surface area contributed by atoms with Crippen molar-refractivity contribution in [3.8, 4) is 0 Å². The molecule has 0 saturated heterocycles. The second-order valence-corrected chi connectivity index (χ2v) is 2.25. The first-order chi connectivity index (χ1) is 4.18. The molecule has 0 aromatic rings. The molecule has 3 nitrogen and oxygen atoms in total. The SMILES string of the molecule is CC1CC(O)=CC(=O)N1. The number of carbonyl (C=O) groups is 1. The third-order valence-corrected chi connectivity index (χ3v) is 1.20. The van der Waals surface area contributed by atoms with Crippen LogP contribution in [0.25, 0.3) is 0 Å². The van der Waals surface area contributed by atoms with Crippen LogP contribution in [0.3, 0.4) is 0 Å². The molecule has 1 amide bonds. The van der Waals surface area contributed by atoms with E-state index < -0.39 is 0 Å². The maximum absolute atomic E-state index is 10.5. The summed E-state index contributed by atoms with van der Waals surface area (Å²) in [5.41, 5.74) is 0. The highest BCUT2D eigenvalue weighted by molar-refractivity contribution is 5.88. The number of hydrogen-bond donors (Lipinski definition) is 2. The monoisotopic (exact) mass is 127 g/mol. The van der Waals surface area contributed by atoms with Crippen LogP contribution in [-0.2, 0) is 4.79 Å². The predicted molar refractivity (Wildman–Crippen MR) is 32.9 cm³/mol. The average Bonchev–Trinajstić information content (AvgIpc) is 1.59. The van der Waals surface area contributed by atoms with E-state index in [1.165, 1.54) is 6.08 Å². The van der Waals surface area contributed by atoms with Crippen LogP contribution in [0.1, 0.15) is 13.3 Å². The molecule has 0 aromatic heterocycles. The van der Waals surface area contributed by atoms with Gasteiger partial charge in [-0.3, -0.25) is 4.79 Å². The molecule has 0 radical (unpaired) electrons. The fourth-order valence-electron chi connectivity index (χ4n) is 0.860. The van der Waals surface area contributed by atoms with Gasteiger partial charge in [-0.05, 0) is 6.92 Å². The van der Waals surface area contributed by atoms with E-state index in [0.717, 1.165) is 0 Å². The maximum Gasteiger partial charge on any atom is 0.247 e. The quantitative estimate of drug-likeness (QED) is 0.493. The fraction of sp³-hybridized carbons (Fsp3) is 0.500. The Balaban J connectivity index is 2.67. The van der Waals surface area contributed by atoms with Crippen molar-refractivity contribution in [1.82, 2.24) is 5.32 Å². The molecule has 2 N–H and O–H groups in total. The number of aliphatic hydroxyl groups excluding tert-OH is 1. The van der Waals surface area contributed by atoms with E-state index in [2.05, 4.69) is 5.32 Å².